The zero-order valence-electron chi connectivity index (χ0n) is 6.05. The fourth-order valence-electron chi connectivity index (χ4n) is 0.286. The summed E-state index contributed by atoms with van der Waals surface area (Å²) in [6.07, 6.45) is 0. The summed E-state index contributed by atoms with van der Waals surface area (Å²) in [4.78, 5) is 0. The SMILES string of the molecule is [2H]c1c(N)nnc(N)c1[2H]. The highest BCUT2D eigenvalue weighted by molar-refractivity contribution is 5.33. The highest BCUT2D eigenvalue weighted by Crippen LogP contribution is 1.95. The summed E-state index contributed by atoms with van der Waals surface area (Å²) in [6, 6.07) is -0.347. The second-order valence-corrected chi connectivity index (χ2v) is 1.22. The number of hydrogen-bond donors (Lipinski definition) is 2. The van der Waals surface area contributed by atoms with Crippen molar-refractivity contribution in [1.82, 2.24) is 10.2 Å². The van der Waals surface area contributed by atoms with E-state index in [1.165, 1.54) is 0 Å². The molecule has 0 atom stereocenters. The lowest BCUT2D eigenvalue weighted by Gasteiger charge is -1.88. The standard InChI is InChI=1S/C4H6N4/c5-3-1-2-4(6)8-7-3/h1-2H,(H2,5,7)(H2,6,8)/i1D,2D. The van der Waals surface area contributed by atoms with E-state index in [0.717, 1.165) is 0 Å². The van der Waals surface area contributed by atoms with E-state index in [4.69, 9.17) is 14.2 Å². The van der Waals surface area contributed by atoms with E-state index in [1.807, 2.05) is 0 Å². The molecule has 42 valence electrons. The van der Waals surface area contributed by atoms with Crippen LogP contribution in [0.2, 0.25) is 0 Å². The first-order valence-electron chi connectivity index (χ1n) is 2.97. The first-order valence-corrected chi connectivity index (χ1v) is 1.97. The van der Waals surface area contributed by atoms with Crippen molar-refractivity contribution < 1.29 is 2.74 Å². The number of nitrogens with zero attached hydrogens (tertiary/aromatic N) is 2. The van der Waals surface area contributed by atoms with Gasteiger partial charge in [-0.05, 0) is 12.1 Å². The van der Waals surface area contributed by atoms with E-state index in [-0.39, 0.29) is 23.7 Å². The Balaban J connectivity index is 3.34. The Bertz CT molecular complexity index is 235. The minimum Gasteiger partial charge on any atom is -0.382 e. The van der Waals surface area contributed by atoms with Crippen LogP contribution in [0, 0.1) is 0 Å². The molecule has 0 aliphatic rings. The smallest absolute Gasteiger partial charge is 0.146 e. The van der Waals surface area contributed by atoms with E-state index >= 15 is 0 Å². The number of rotatable bonds is 0. The van der Waals surface area contributed by atoms with Gasteiger partial charge in [0.1, 0.15) is 11.6 Å². The second kappa shape index (κ2) is 1.65. The maximum atomic E-state index is 7.09. The molecule has 0 amide bonds. The van der Waals surface area contributed by atoms with Crippen LogP contribution in [0.4, 0.5) is 11.6 Å². The van der Waals surface area contributed by atoms with Crippen LogP contribution in [0.1, 0.15) is 2.74 Å². The Hall–Kier alpha value is -1.32. The van der Waals surface area contributed by atoms with Gasteiger partial charge in [0.15, 0.2) is 0 Å². The maximum absolute atomic E-state index is 7.09. The molecule has 0 unspecified atom stereocenters. The maximum Gasteiger partial charge on any atom is 0.146 e. The van der Waals surface area contributed by atoms with Gasteiger partial charge in [0.25, 0.3) is 0 Å². The second-order valence-electron chi connectivity index (χ2n) is 1.22. The van der Waals surface area contributed by atoms with Gasteiger partial charge in [0.2, 0.25) is 0 Å². The Morgan fingerprint density at radius 3 is 2.00 bits per heavy atom. The van der Waals surface area contributed by atoms with E-state index < -0.39 is 0 Å². The lowest BCUT2D eigenvalue weighted by molar-refractivity contribution is 1.05. The molecule has 0 aliphatic carbocycles. The molecular formula is C4H6N4. The quantitative estimate of drug-likeness (QED) is 0.480. The molecule has 0 saturated carbocycles. The number of nitrogens with two attached hydrogens (primary N) is 2. The summed E-state index contributed by atoms with van der Waals surface area (Å²) >= 11 is 0. The lowest BCUT2D eigenvalue weighted by Crippen LogP contribution is -1.95. The summed E-state index contributed by atoms with van der Waals surface area (Å²) in [5.74, 6) is -0.140. The average molecular weight is 112 g/mol. The normalized spacial score (nSPS) is 12.5. The molecule has 0 spiro atoms. The molecule has 1 rings (SSSR count). The van der Waals surface area contributed by atoms with Crippen molar-refractivity contribution in [3.8, 4) is 0 Å². The molecule has 1 heterocycles. The number of anilines is 2. The van der Waals surface area contributed by atoms with Crippen molar-refractivity contribution >= 4 is 11.6 Å². The van der Waals surface area contributed by atoms with Gasteiger partial charge in [-0.2, -0.15) is 0 Å². The molecule has 4 N–H and O–H groups in total. The Morgan fingerprint density at radius 1 is 1.25 bits per heavy atom. The van der Waals surface area contributed by atoms with Gasteiger partial charge in [-0.3, -0.25) is 0 Å². The molecule has 0 radical (unpaired) electrons. The van der Waals surface area contributed by atoms with Crippen molar-refractivity contribution in [1.29, 1.82) is 0 Å². The number of hydrogen-bond acceptors (Lipinski definition) is 4. The summed E-state index contributed by atoms with van der Waals surface area (Å²) in [5, 5.41) is 6.67. The highest BCUT2D eigenvalue weighted by atomic mass is 15.2. The third-order valence-electron chi connectivity index (χ3n) is 0.584. The van der Waals surface area contributed by atoms with E-state index in [0.29, 0.717) is 0 Å². The van der Waals surface area contributed by atoms with Crippen LogP contribution in [0.5, 0.6) is 0 Å². The minimum atomic E-state index is -0.174. The molecule has 0 saturated heterocycles. The predicted molar refractivity (Wildman–Crippen MR) is 30.9 cm³/mol. The van der Waals surface area contributed by atoms with Gasteiger partial charge in [0, 0.05) is 0 Å². The highest BCUT2D eigenvalue weighted by Gasteiger charge is 1.83. The van der Waals surface area contributed by atoms with Gasteiger partial charge in [0.05, 0.1) is 2.74 Å². The molecule has 4 heteroatoms. The third-order valence-corrected chi connectivity index (χ3v) is 0.584. The minimum absolute atomic E-state index is 0.0702. The molecule has 0 bridgehead atoms. The van der Waals surface area contributed by atoms with Gasteiger partial charge < -0.3 is 11.5 Å². The topological polar surface area (TPSA) is 77.8 Å². The summed E-state index contributed by atoms with van der Waals surface area (Å²) in [5.41, 5.74) is 10.3. The van der Waals surface area contributed by atoms with Crippen molar-refractivity contribution in [3.05, 3.63) is 12.1 Å². The fourth-order valence-corrected chi connectivity index (χ4v) is 0.286. The Labute approximate surface area is 49.3 Å². The molecule has 0 fully saturated rings. The zero-order chi connectivity index (χ0) is 7.72. The first kappa shape index (κ1) is 2.86. The van der Waals surface area contributed by atoms with Gasteiger partial charge in [-0.1, -0.05) is 0 Å². The van der Waals surface area contributed by atoms with E-state index in [9.17, 15) is 0 Å². The molecule has 8 heavy (non-hydrogen) atoms. The van der Waals surface area contributed by atoms with Crippen molar-refractivity contribution in [2.45, 2.75) is 0 Å². The van der Waals surface area contributed by atoms with Gasteiger partial charge in [-0.25, -0.2) is 0 Å². The average Bonchev–Trinajstić information content (AvgIpc) is 1.93. The number of nitrogen functional groups attached to an aromatic ring is 2. The monoisotopic (exact) mass is 112 g/mol. The predicted octanol–water partition coefficient (Wildman–Crippen LogP) is -0.359. The first-order chi connectivity index (χ1) is 4.63. The van der Waals surface area contributed by atoms with Crippen LogP contribution in [0.15, 0.2) is 12.1 Å². The Kier molecular flexibility index (Phi) is 0.590. The molecule has 0 aromatic carbocycles. The molecule has 4 nitrogen and oxygen atoms in total. The Morgan fingerprint density at radius 2 is 1.62 bits per heavy atom. The zero-order valence-corrected chi connectivity index (χ0v) is 4.05. The van der Waals surface area contributed by atoms with Crippen LogP contribution in [-0.4, -0.2) is 10.2 Å². The van der Waals surface area contributed by atoms with Crippen LogP contribution in [0.25, 0.3) is 0 Å². The fraction of sp³-hybridized carbons (Fsp3) is 0. The van der Waals surface area contributed by atoms with Crippen molar-refractivity contribution in [3.63, 3.8) is 0 Å². The molecular weight excluding hydrogens is 104 g/mol. The van der Waals surface area contributed by atoms with Gasteiger partial charge >= 0.3 is 0 Å². The summed E-state index contributed by atoms with van der Waals surface area (Å²) in [6.45, 7) is 0. The van der Waals surface area contributed by atoms with Crippen LogP contribution < -0.4 is 11.5 Å². The molecule has 1 aromatic heterocycles. The number of aromatic nitrogens is 2. The van der Waals surface area contributed by atoms with E-state index in [1.54, 1.807) is 0 Å². The van der Waals surface area contributed by atoms with Gasteiger partial charge in [-0.15, -0.1) is 10.2 Å². The van der Waals surface area contributed by atoms with Crippen LogP contribution in [0.3, 0.4) is 0 Å². The summed E-state index contributed by atoms with van der Waals surface area (Å²) in [7, 11) is 0. The van der Waals surface area contributed by atoms with Crippen LogP contribution in [-0.2, 0) is 0 Å². The third kappa shape index (κ3) is 0.841. The van der Waals surface area contributed by atoms with E-state index in [2.05, 4.69) is 10.2 Å². The van der Waals surface area contributed by atoms with Crippen molar-refractivity contribution in [2.24, 2.45) is 0 Å². The largest absolute Gasteiger partial charge is 0.382 e. The lowest BCUT2D eigenvalue weighted by atomic mass is 10.5. The van der Waals surface area contributed by atoms with Crippen LogP contribution >= 0.6 is 0 Å². The summed E-state index contributed by atoms with van der Waals surface area (Å²) < 4.78 is 14.2. The molecule has 1 aromatic rings. The van der Waals surface area contributed by atoms with Crippen molar-refractivity contribution in [2.75, 3.05) is 11.5 Å². The molecule has 0 aliphatic heterocycles.